The van der Waals surface area contributed by atoms with Gasteiger partial charge in [-0.25, -0.2) is 4.68 Å². The van der Waals surface area contributed by atoms with Gasteiger partial charge in [-0.3, -0.25) is 5.10 Å². The van der Waals surface area contributed by atoms with Gasteiger partial charge in [0.25, 0.3) is 0 Å². The maximum absolute atomic E-state index is 5.82. The molecule has 0 aliphatic carbocycles. The smallest absolute Gasteiger partial charge is 0.181 e. The summed E-state index contributed by atoms with van der Waals surface area (Å²) in [6.07, 6.45) is 0. The van der Waals surface area contributed by atoms with E-state index in [4.69, 9.17) is 5.73 Å². The summed E-state index contributed by atoms with van der Waals surface area (Å²) in [7, 11) is 1.87. The summed E-state index contributed by atoms with van der Waals surface area (Å²) in [5.41, 5.74) is 7.60. The molecule has 0 atom stereocenters. The number of aromatic nitrogens is 4. The first-order valence-electron chi connectivity index (χ1n) is 4.58. The Bertz CT molecular complexity index is 471. The van der Waals surface area contributed by atoms with Gasteiger partial charge in [0.05, 0.1) is 11.1 Å². The predicted octanol–water partition coefficient (Wildman–Crippen LogP) is 1.18. The molecule has 0 aromatic carbocycles. The molecule has 3 N–H and O–H groups in total. The quantitative estimate of drug-likeness (QED) is 0.659. The molecule has 0 fully saturated rings. The second kappa shape index (κ2) is 2.50. The molecule has 0 spiro atoms. The van der Waals surface area contributed by atoms with Crippen molar-refractivity contribution in [2.75, 3.05) is 5.73 Å². The van der Waals surface area contributed by atoms with Crippen LogP contribution in [0.5, 0.6) is 0 Å². The predicted molar refractivity (Wildman–Crippen MR) is 56.0 cm³/mol. The molecule has 0 aliphatic rings. The van der Waals surface area contributed by atoms with Crippen molar-refractivity contribution in [3.63, 3.8) is 0 Å². The summed E-state index contributed by atoms with van der Waals surface area (Å²) < 4.78 is 1.75. The van der Waals surface area contributed by atoms with Gasteiger partial charge in [-0.05, 0) is 0 Å². The largest absolute Gasteiger partial charge is 0.383 e. The molecule has 0 bridgehead atoms. The zero-order chi connectivity index (χ0) is 10.5. The van der Waals surface area contributed by atoms with Crippen molar-refractivity contribution in [1.29, 1.82) is 0 Å². The fourth-order valence-corrected chi connectivity index (χ4v) is 1.59. The van der Waals surface area contributed by atoms with E-state index in [1.165, 1.54) is 0 Å². The number of aryl methyl sites for hydroxylation is 1. The molecule has 0 aliphatic heterocycles. The molecule has 2 aromatic rings. The Morgan fingerprint density at radius 3 is 2.57 bits per heavy atom. The summed E-state index contributed by atoms with van der Waals surface area (Å²) in [6.45, 7) is 6.34. The molecule has 2 heterocycles. The van der Waals surface area contributed by atoms with Crippen LogP contribution in [-0.2, 0) is 12.5 Å². The van der Waals surface area contributed by atoms with E-state index in [2.05, 4.69) is 36.1 Å². The number of nitrogens with one attached hydrogen (secondary N) is 1. The number of H-pyrrole nitrogens is 1. The van der Waals surface area contributed by atoms with Crippen LogP contribution in [0.4, 0.5) is 5.82 Å². The number of rotatable bonds is 0. The van der Waals surface area contributed by atoms with Gasteiger partial charge in [0.15, 0.2) is 5.65 Å². The topological polar surface area (TPSA) is 72.5 Å². The molecular weight excluding hydrogens is 178 g/mol. The van der Waals surface area contributed by atoms with Gasteiger partial charge in [0.1, 0.15) is 5.82 Å². The van der Waals surface area contributed by atoms with Crippen molar-refractivity contribution < 1.29 is 0 Å². The Hall–Kier alpha value is -1.52. The molecule has 5 heteroatoms. The molecule has 0 saturated carbocycles. The lowest BCUT2D eigenvalue weighted by Gasteiger charge is -2.15. The third-order valence-corrected chi connectivity index (χ3v) is 2.28. The molecule has 0 unspecified atom stereocenters. The SMILES string of the molecule is Cn1nc(C(C)(C)C)c2c(N)[nH]nc21. The van der Waals surface area contributed by atoms with E-state index in [1.807, 2.05) is 7.05 Å². The number of nitrogen functional groups attached to an aromatic ring is 1. The standard InChI is InChI=1S/C9H15N5/c1-9(2,3)6-5-7(10)11-12-8(5)14(4)13-6/h1-4H3,(H3,10,11,12). The highest BCUT2D eigenvalue weighted by molar-refractivity contribution is 5.89. The van der Waals surface area contributed by atoms with Crippen LogP contribution in [0.15, 0.2) is 0 Å². The van der Waals surface area contributed by atoms with Crippen molar-refractivity contribution in [3.8, 4) is 0 Å². The average molecular weight is 193 g/mol. The first kappa shape index (κ1) is 9.05. The highest BCUT2D eigenvalue weighted by Crippen LogP contribution is 2.30. The number of anilines is 1. The van der Waals surface area contributed by atoms with Crippen LogP contribution in [-0.4, -0.2) is 20.0 Å². The first-order valence-corrected chi connectivity index (χ1v) is 4.58. The third kappa shape index (κ3) is 1.08. The minimum absolute atomic E-state index is 0.0164. The number of hydrogen-bond donors (Lipinski definition) is 2. The lowest BCUT2D eigenvalue weighted by atomic mass is 9.91. The van der Waals surface area contributed by atoms with Crippen LogP contribution in [0.3, 0.4) is 0 Å². The van der Waals surface area contributed by atoms with E-state index in [9.17, 15) is 0 Å². The van der Waals surface area contributed by atoms with Crippen LogP contribution in [0.1, 0.15) is 26.5 Å². The fraction of sp³-hybridized carbons (Fsp3) is 0.556. The van der Waals surface area contributed by atoms with Crippen molar-refractivity contribution in [3.05, 3.63) is 5.69 Å². The van der Waals surface area contributed by atoms with Gasteiger partial charge in [-0.15, -0.1) is 0 Å². The molecule has 0 amide bonds. The maximum atomic E-state index is 5.82. The van der Waals surface area contributed by atoms with E-state index in [-0.39, 0.29) is 5.41 Å². The van der Waals surface area contributed by atoms with Gasteiger partial charge in [0.2, 0.25) is 0 Å². The summed E-state index contributed by atoms with van der Waals surface area (Å²) in [4.78, 5) is 0. The van der Waals surface area contributed by atoms with E-state index >= 15 is 0 Å². The van der Waals surface area contributed by atoms with Gasteiger partial charge < -0.3 is 5.73 Å². The van der Waals surface area contributed by atoms with E-state index < -0.39 is 0 Å². The molecule has 14 heavy (non-hydrogen) atoms. The van der Waals surface area contributed by atoms with Gasteiger partial charge in [-0.2, -0.15) is 10.2 Å². The Morgan fingerprint density at radius 2 is 2.00 bits per heavy atom. The highest BCUT2D eigenvalue weighted by atomic mass is 15.3. The van der Waals surface area contributed by atoms with E-state index in [1.54, 1.807) is 4.68 Å². The lowest BCUT2D eigenvalue weighted by Crippen LogP contribution is -2.13. The van der Waals surface area contributed by atoms with Crippen molar-refractivity contribution in [2.45, 2.75) is 26.2 Å². The van der Waals surface area contributed by atoms with Gasteiger partial charge >= 0.3 is 0 Å². The van der Waals surface area contributed by atoms with Gasteiger partial charge in [-0.1, -0.05) is 20.8 Å². The molecule has 76 valence electrons. The monoisotopic (exact) mass is 193 g/mol. The number of fused-ring (bicyclic) bond motifs is 1. The first-order chi connectivity index (χ1) is 6.41. The minimum Gasteiger partial charge on any atom is -0.383 e. The molecule has 5 nitrogen and oxygen atoms in total. The van der Waals surface area contributed by atoms with Crippen LogP contribution in [0.2, 0.25) is 0 Å². The molecular formula is C9H15N5. The zero-order valence-corrected chi connectivity index (χ0v) is 8.92. The van der Waals surface area contributed by atoms with Crippen molar-refractivity contribution >= 4 is 16.9 Å². The van der Waals surface area contributed by atoms with E-state index in [0.717, 1.165) is 16.7 Å². The minimum atomic E-state index is -0.0164. The Kier molecular flexibility index (Phi) is 1.61. The molecule has 0 radical (unpaired) electrons. The lowest BCUT2D eigenvalue weighted by molar-refractivity contribution is 0.557. The fourth-order valence-electron chi connectivity index (χ4n) is 1.59. The van der Waals surface area contributed by atoms with E-state index in [0.29, 0.717) is 5.82 Å². The second-order valence-corrected chi connectivity index (χ2v) is 4.56. The Labute approximate surface area is 82.3 Å². The second-order valence-electron chi connectivity index (χ2n) is 4.56. The number of hydrogen-bond acceptors (Lipinski definition) is 3. The number of aromatic amines is 1. The summed E-state index contributed by atoms with van der Waals surface area (Å²) >= 11 is 0. The Balaban J connectivity index is 2.83. The summed E-state index contributed by atoms with van der Waals surface area (Å²) in [5, 5.41) is 12.3. The third-order valence-electron chi connectivity index (χ3n) is 2.28. The van der Waals surface area contributed by atoms with Crippen LogP contribution in [0.25, 0.3) is 11.0 Å². The summed E-state index contributed by atoms with van der Waals surface area (Å²) in [6, 6.07) is 0. The number of nitrogens with two attached hydrogens (primary N) is 1. The molecule has 2 rings (SSSR count). The van der Waals surface area contributed by atoms with Gasteiger partial charge in [0, 0.05) is 12.5 Å². The average Bonchev–Trinajstić information content (AvgIpc) is 2.54. The van der Waals surface area contributed by atoms with Crippen LogP contribution in [0, 0.1) is 0 Å². The van der Waals surface area contributed by atoms with Crippen LogP contribution >= 0.6 is 0 Å². The number of nitrogens with zero attached hydrogens (tertiary/aromatic N) is 3. The molecule has 2 aromatic heterocycles. The summed E-state index contributed by atoms with van der Waals surface area (Å²) in [5.74, 6) is 0.595. The maximum Gasteiger partial charge on any atom is 0.181 e. The molecule has 0 saturated heterocycles. The highest BCUT2D eigenvalue weighted by Gasteiger charge is 2.24. The van der Waals surface area contributed by atoms with Crippen molar-refractivity contribution in [1.82, 2.24) is 20.0 Å². The van der Waals surface area contributed by atoms with Crippen molar-refractivity contribution in [2.24, 2.45) is 7.05 Å². The van der Waals surface area contributed by atoms with Crippen LogP contribution < -0.4 is 5.73 Å². The zero-order valence-electron chi connectivity index (χ0n) is 8.92. The Morgan fingerprint density at radius 1 is 1.36 bits per heavy atom. The normalized spacial score (nSPS) is 12.6.